The van der Waals surface area contributed by atoms with Gasteiger partial charge in [-0.05, 0) is 19.2 Å². The molecule has 0 aliphatic heterocycles. The SMILES string of the molecule is CNCCc1cc(-c2cc[nH]c2)n[nH]1. The Labute approximate surface area is 82.7 Å². The predicted octanol–water partition coefficient (Wildman–Crippen LogP) is 1.17. The minimum absolute atomic E-state index is 0.967. The average molecular weight is 190 g/mol. The van der Waals surface area contributed by atoms with Crippen LogP contribution in [0.3, 0.4) is 0 Å². The fraction of sp³-hybridized carbons (Fsp3) is 0.300. The van der Waals surface area contributed by atoms with Gasteiger partial charge in [-0.3, -0.25) is 5.10 Å². The highest BCUT2D eigenvalue weighted by Crippen LogP contribution is 2.16. The van der Waals surface area contributed by atoms with Crippen LogP contribution in [0.5, 0.6) is 0 Å². The Bertz CT molecular complexity index is 374. The first-order valence-corrected chi connectivity index (χ1v) is 4.72. The number of aromatic amines is 2. The molecule has 0 unspecified atom stereocenters. The summed E-state index contributed by atoms with van der Waals surface area (Å²) in [5.74, 6) is 0. The molecule has 0 aliphatic carbocycles. The van der Waals surface area contributed by atoms with Gasteiger partial charge >= 0.3 is 0 Å². The van der Waals surface area contributed by atoms with Gasteiger partial charge in [0, 0.05) is 36.6 Å². The lowest BCUT2D eigenvalue weighted by atomic mass is 10.2. The van der Waals surface area contributed by atoms with Gasteiger partial charge in [-0.15, -0.1) is 0 Å². The molecule has 0 aliphatic rings. The first kappa shape index (κ1) is 9.02. The van der Waals surface area contributed by atoms with Crippen molar-refractivity contribution in [3.8, 4) is 11.3 Å². The standard InChI is InChI=1S/C10H14N4/c1-11-4-3-9-6-10(14-13-9)8-2-5-12-7-8/h2,5-7,11-12H,3-4H2,1H3,(H,13,14). The molecule has 2 heterocycles. The third-order valence-electron chi connectivity index (χ3n) is 2.17. The first-order chi connectivity index (χ1) is 6.90. The monoisotopic (exact) mass is 190 g/mol. The highest BCUT2D eigenvalue weighted by atomic mass is 15.1. The van der Waals surface area contributed by atoms with Crippen molar-refractivity contribution >= 4 is 0 Å². The molecule has 0 aromatic carbocycles. The summed E-state index contributed by atoms with van der Waals surface area (Å²) < 4.78 is 0. The molecule has 0 bridgehead atoms. The number of H-pyrrole nitrogens is 2. The van der Waals surface area contributed by atoms with Gasteiger partial charge in [0.05, 0.1) is 5.69 Å². The van der Waals surface area contributed by atoms with Crippen molar-refractivity contribution in [3.05, 3.63) is 30.2 Å². The Hall–Kier alpha value is -1.55. The number of hydrogen-bond donors (Lipinski definition) is 3. The van der Waals surface area contributed by atoms with Gasteiger partial charge in [-0.25, -0.2) is 0 Å². The summed E-state index contributed by atoms with van der Waals surface area (Å²) in [5.41, 5.74) is 3.28. The van der Waals surface area contributed by atoms with Crippen molar-refractivity contribution in [2.45, 2.75) is 6.42 Å². The van der Waals surface area contributed by atoms with E-state index >= 15 is 0 Å². The van der Waals surface area contributed by atoms with Crippen LogP contribution in [0.1, 0.15) is 5.69 Å². The van der Waals surface area contributed by atoms with Crippen LogP contribution in [-0.4, -0.2) is 28.8 Å². The summed E-state index contributed by atoms with van der Waals surface area (Å²) in [4.78, 5) is 3.01. The van der Waals surface area contributed by atoms with Gasteiger partial charge in [0.1, 0.15) is 0 Å². The molecular formula is C10H14N4. The van der Waals surface area contributed by atoms with Crippen molar-refractivity contribution < 1.29 is 0 Å². The topological polar surface area (TPSA) is 56.5 Å². The third-order valence-corrected chi connectivity index (χ3v) is 2.17. The number of likely N-dealkylation sites (N-methyl/N-ethyl adjacent to an activating group) is 1. The van der Waals surface area contributed by atoms with E-state index in [1.165, 1.54) is 0 Å². The molecule has 0 saturated heterocycles. The molecule has 0 radical (unpaired) electrons. The van der Waals surface area contributed by atoms with Crippen molar-refractivity contribution in [3.63, 3.8) is 0 Å². The molecule has 4 nitrogen and oxygen atoms in total. The lowest BCUT2D eigenvalue weighted by molar-refractivity contribution is 0.772. The van der Waals surface area contributed by atoms with Crippen LogP contribution in [-0.2, 0) is 6.42 Å². The number of hydrogen-bond acceptors (Lipinski definition) is 2. The molecule has 0 spiro atoms. The number of nitrogens with one attached hydrogen (secondary N) is 3. The molecule has 2 aromatic rings. The minimum Gasteiger partial charge on any atom is -0.367 e. The summed E-state index contributed by atoms with van der Waals surface area (Å²) >= 11 is 0. The Balaban J connectivity index is 2.10. The highest BCUT2D eigenvalue weighted by molar-refractivity contribution is 5.57. The molecule has 2 rings (SSSR count). The molecule has 3 N–H and O–H groups in total. The van der Waals surface area contributed by atoms with Crippen molar-refractivity contribution in [1.82, 2.24) is 20.5 Å². The zero-order valence-corrected chi connectivity index (χ0v) is 8.17. The molecule has 14 heavy (non-hydrogen) atoms. The maximum Gasteiger partial charge on any atom is 0.0938 e. The van der Waals surface area contributed by atoms with Crippen LogP contribution in [0.4, 0.5) is 0 Å². The maximum atomic E-state index is 4.24. The van der Waals surface area contributed by atoms with E-state index < -0.39 is 0 Å². The van der Waals surface area contributed by atoms with Crippen molar-refractivity contribution in [2.24, 2.45) is 0 Å². The molecule has 0 saturated carbocycles. The Kier molecular flexibility index (Phi) is 2.65. The van der Waals surface area contributed by atoms with Crippen LogP contribution >= 0.6 is 0 Å². The molecule has 0 fully saturated rings. The summed E-state index contributed by atoms with van der Waals surface area (Å²) in [5, 5.41) is 10.4. The molecule has 0 amide bonds. The van der Waals surface area contributed by atoms with Gasteiger partial charge in [0.15, 0.2) is 0 Å². The van der Waals surface area contributed by atoms with E-state index in [2.05, 4.69) is 26.6 Å². The highest BCUT2D eigenvalue weighted by Gasteiger charge is 2.02. The fourth-order valence-corrected chi connectivity index (χ4v) is 1.38. The van der Waals surface area contributed by atoms with E-state index in [1.807, 2.05) is 25.5 Å². The van der Waals surface area contributed by atoms with Gasteiger partial charge < -0.3 is 10.3 Å². The zero-order valence-electron chi connectivity index (χ0n) is 8.17. The summed E-state index contributed by atoms with van der Waals surface area (Å²) in [6, 6.07) is 4.10. The van der Waals surface area contributed by atoms with Crippen LogP contribution in [0.25, 0.3) is 11.3 Å². The van der Waals surface area contributed by atoms with Crippen LogP contribution in [0.15, 0.2) is 24.5 Å². The molecule has 2 aromatic heterocycles. The molecule has 74 valence electrons. The molecule has 4 heteroatoms. The summed E-state index contributed by atoms with van der Waals surface area (Å²) in [7, 11) is 1.95. The summed E-state index contributed by atoms with van der Waals surface area (Å²) in [6.07, 6.45) is 4.82. The zero-order chi connectivity index (χ0) is 9.80. The fourth-order valence-electron chi connectivity index (χ4n) is 1.38. The first-order valence-electron chi connectivity index (χ1n) is 4.72. The van der Waals surface area contributed by atoms with E-state index in [-0.39, 0.29) is 0 Å². The van der Waals surface area contributed by atoms with E-state index in [9.17, 15) is 0 Å². The number of nitrogens with zero attached hydrogens (tertiary/aromatic N) is 1. The Morgan fingerprint density at radius 1 is 1.50 bits per heavy atom. The summed E-state index contributed by atoms with van der Waals surface area (Å²) in [6.45, 7) is 0.967. The van der Waals surface area contributed by atoms with E-state index in [0.717, 1.165) is 29.9 Å². The van der Waals surface area contributed by atoms with Gasteiger partial charge in [-0.2, -0.15) is 5.10 Å². The normalized spacial score (nSPS) is 10.6. The predicted molar refractivity (Wildman–Crippen MR) is 56.0 cm³/mol. The smallest absolute Gasteiger partial charge is 0.0938 e. The maximum absolute atomic E-state index is 4.24. The van der Waals surface area contributed by atoms with Crippen molar-refractivity contribution in [2.75, 3.05) is 13.6 Å². The Morgan fingerprint density at radius 3 is 3.14 bits per heavy atom. The number of rotatable bonds is 4. The number of aromatic nitrogens is 3. The van der Waals surface area contributed by atoms with Crippen LogP contribution in [0.2, 0.25) is 0 Å². The van der Waals surface area contributed by atoms with Gasteiger partial charge in [0.25, 0.3) is 0 Å². The average Bonchev–Trinajstić information content (AvgIpc) is 2.85. The lowest BCUT2D eigenvalue weighted by Crippen LogP contribution is -2.10. The van der Waals surface area contributed by atoms with Crippen LogP contribution in [0, 0.1) is 0 Å². The third kappa shape index (κ3) is 1.85. The van der Waals surface area contributed by atoms with Gasteiger partial charge in [0.2, 0.25) is 0 Å². The second kappa shape index (κ2) is 4.11. The lowest BCUT2D eigenvalue weighted by Gasteiger charge is -1.93. The van der Waals surface area contributed by atoms with E-state index in [1.54, 1.807) is 0 Å². The van der Waals surface area contributed by atoms with Gasteiger partial charge in [-0.1, -0.05) is 0 Å². The second-order valence-corrected chi connectivity index (χ2v) is 3.23. The van der Waals surface area contributed by atoms with E-state index in [4.69, 9.17) is 0 Å². The Morgan fingerprint density at radius 2 is 2.43 bits per heavy atom. The van der Waals surface area contributed by atoms with Crippen molar-refractivity contribution in [1.29, 1.82) is 0 Å². The largest absolute Gasteiger partial charge is 0.367 e. The second-order valence-electron chi connectivity index (χ2n) is 3.23. The molecule has 0 atom stereocenters. The quantitative estimate of drug-likeness (QED) is 0.677. The van der Waals surface area contributed by atoms with E-state index in [0.29, 0.717) is 0 Å². The minimum atomic E-state index is 0.967. The molecular weight excluding hydrogens is 176 g/mol. The van der Waals surface area contributed by atoms with Crippen LogP contribution < -0.4 is 5.32 Å².